The van der Waals surface area contributed by atoms with E-state index in [1.807, 2.05) is 0 Å². The van der Waals surface area contributed by atoms with Crippen molar-refractivity contribution in [2.45, 2.75) is 16.9 Å². The van der Waals surface area contributed by atoms with Gasteiger partial charge in [0.05, 0.1) is 0 Å². The molecule has 9 nitrogen and oxygen atoms in total. The van der Waals surface area contributed by atoms with Gasteiger partial charge in [-0.05, 0) is 12.5 Å². The molecule has 0 bridgehead atoms. The summed E-state index contributed by atoms with van der Waals surface area (Å²) in [5.74, 6) is -2.00. The van der Waals surface area contributed by atoms with Gasteiger partial charge < -0.3 is 21.1 Å². The molecule has 2 heterocycles. The van der Waals surface area contributed by atoms with E-state index < -0.39 is 27.4 Å². The molecule has 1 aliphatic heterocycles. The van der Waals surface area contributed by atoms with Crippen LogP contribution in [0.1, 0.15) is 16.9 Å². The molecule has 1 aliphatic rings. The van der Waals surface area contributed by atoms with Crippen molar-refractivity contribution in [1.29, 1.82) is 0 Å². The second-order valence-corrected chi connectivity index (χ2v) is 7.02. The number of carbonyl (C=O) groups excluding carboxylic acids is 1. The van der Waals surface area contributed by atoms with E-state index in [4.69, 9.17) is 16.6 Å². The van der Waals surface area contributed by atoms with Gasteiger partial charge in [-0.25, -0.2) is 8.42 Å². The summed E-state index contributed by atoms with van der Waals surface area (Å²) in [5, 5.41) is 9.04. The van der Waals surface area contributed by atoms with Crippen molar-refractivity contribution in [3.63, 3.8) is 0 Å². The summed E-state index contributed by atoms with van der Waals surface area (Å²) in [6, 6.07) is 1.16. The lowest BCUT2D eigenvalue weighted by Gasteiger charge is -2.19. The number of amides is 1. The van der Waals surface area contributed by atoms with Crippen LogP contribution in [0.3, 0.4) is 0 Å². The molecule has 1 aromatic heterocycles. The van der Waals surface area contributed by atoms with Crippen LogP contribution in [0.4, 0.5) is 0 Å². The molecule has 1 unspecified atom stereocenters. The molecule has 116 valence electrons. The Kier molecular flexibility index (Phi) is 3.56. The summed E-state index contributed by atoms with van der Waals surface area (Å²) in [6.07, 6.45) is 1.28. The van der Waals surface area contributed by atoms with Gasteiger partial charge in [-0.15, -0.1) is 0 Å². The van der Waals surface area contributed by atoms with Crippen LogP contribution in [0.25, 0.3) is 0 Å². The van der Waals surface area contributed by atoms with Gasteiger partial charge >= 0.3 is 5.97 Å². The molecule has 10 heteroatoms. The predicted octanol–water partition coefficient (Wildman–Crippen LogP) is -1.70. The third-order valence-corrected chi connectivity index (χ3v) is 5.37. The first kappa shape index (κ1) is 15.5. The third-order valence-electron chi connectivity index (χ3n) is 3.56. The highest BCUT2D eigenvalue weighted by Crippen LogP contribution is 2.26. The first-order valence-corrected chi connectivity index (χ1v) is 7.50. The largest absolute Gasteiger partial charge is 0.480 e. The number of hydrogen-bond donors (Lipinski definition) is 3. The fraction of sp³-hybridized carbons (Fsp3) is 0.455. The number of carboxylic acid groups (broad SMARTS) is 1. The highest BCUT2D eigenvalue weighted by atomic mass is 32.2. The lowest BCUT2D eigenvalue weighted by molar-refractivity contribution is -0.142. The smallest absolute Gasteiger partial charge is 0.325 e. The maximum atomic E-state index is 12.4. The van der Waals surface area contributed by atoms with Crippen molar-refractivity contribution in [2.75, 3.05) is 13.1 Å². The summed E-state index contributed by atoms with van der Waals surface area (Å²) in [6.45, 7) is -0.308. The first-order valence-electron chi connectivity index (χ1n) is 6.06. The van der Waals surface area contributed by atoms with E-state index in [1.165, 1.54) is 17.8 Å². The third kappa shape index (κ3) is 2.52. The van der Waals surface area contributed by atoms with Crippen molar-refractivity contribution in [2.24, 2.45) is 18.5 Å². The zero-order valence-corrected chi connectivity index (χ0v) is 12.1. The Labute approximate surface area is 121 Å². The average Bonchev–Trinajstić information content (AvgIpc) is 2.94. The molecule has 1 fully saturated rings. The van der Waals surface area contributed by atoms with Crippen LogP contribution in [-0.4, -0.2) is 52.9 Å². The maximum Gasteiger partial charge on any atom is 0.325 e. The van der Waals surface area contributed by atoms with Crippen LogP contribution in [-0.2, 0) is 21.9 Å². The monoisotopic (exact) mass is 316 g/mol. The first-order chi connectivity index (χ1) is 9.58. The molecule has 0 saturated carbocycles. The quantitative estimate of drug-likeness (QED) is 0.603. The van der Waals surface area contributed by atoms with Gasteiger partial charge in [-0.1, -0.05) is 0 Å². The number of primary amides is 1. The Morgan fingerprint density at radius 3 is 2.48 bits per heavy atom. The van der Waals surface area contributed by atoms with E-state index in [1.54, 1.807) is 0 Å². The van der Waals surface area contributed by atoms with Gasteiger partial charge in [0.1, 0.15) is 16.1 Å². The minimum atomic E-state index is -3.92. The van der Waals surface area contributed by atoms with E-state index in [9.17, 15) is 18.0 Å². The van der Waals surface area contributed by atoms with Gasteiger partial charge in [0.2, 0.25) is 10.0 Å². The number of nitrogens with zero attached hydrogens (tertiary/aromatic N) is 2. The SMILES string of the molecule is Cn1cc(S(=O)(=O)N2CCC(N)(C(=O)O)C2)cc1C(N)=O. The Balaban J connectivity index is 2.34. The molecule has 1 saturated heterocycles. The van der Waals surface area contributed by atoms with Gasteiger partial charge in [-0.2, -0.15) is 4.31 Å². The summed E-state index contributed by atoms with van der Waals surface area (Å²) in [5.41, 5.74) is 9.26. The van der Waals surface area contributed by atoms with E-state index in [2.05, 4.69) is 0 Å². The van der Waals surface area contributed by atoms with E-state index in [0.29, 0.717) is 0 Å². The number of aryl methyl sites for hydroxylation is 1. The van der Waals surface area contributed by atoms with Crippen molar-refractivity contribution < 1.29 is 23.1 Å². The molecule has 0 spiro atoms. The van der Waals surface area contributed by atoms with E-state index in [0.717, 1.165) is 10.4 Å². The summed E-state index contributed by atoms with van der Waals surface area (Å²) < 4.78 is 27.2. The molecule has 1 atom stereocenters. The Bertz CT molecular complexity index is 710. The lowest BCUT2D eigenvalue weighted by atomic mass is 10.0. The van der Waals surface area contributed by atoms with Gasteiger partial charge in [0, 0.05) is 26.3 Å². The Hall–Kier alpha value is -1.91. The van der Waals surface area contributed by atoms with Crippen LogP contribution in [0, 0.1) is 0 Å². The van der Waals surface area contributed by atoms with Gasteiger partial charge in [-0.3, -0.25) is 9.59 Å². The number of aromatic nitrogens is 1. The zero-order valence-electron chi connectivity index (χ0n) is 11.3. The molecular weight excluding hydrogens is 300 g/mol. The van der Waals surface area contributed by atoms with Crippen molar-refractivity contribution in [3.05, 3.63) is 18.0 Å². The molecule has 5 N–H and O–H groups in total. The minimum Gasteiger partial charge on any atom is -0.480 e. The number of aliphatic carboxylic acids is 1. The Morgan fingerprint density at radius 1 is 1.43 bits per heavy atom. The fourth-order valence-electron chi connectivity index (χ4n) is 2.25. The molecule has 2 rings (SSSR count). The highest BCUT2D eigenvalue weighted by molar-refractivity contribution is 7.89. The number of sulfonamides is 1. The average molecular weight is 316 g/mol. The molecule has 0 radical (unpaired) electrons. The number of hydrogen-bond acceptors (Lipinski definition) is 5. The van der Waals surface area contributed by atoms with Crippen molar-refractivity contribution in [1.82, 2.24) is 8.87 Å². The second-order valence-electron chi connectivity index (χ2n) is 5.09. The van der Waals surface area contributed by atoms with Gasteiger partial charge in [0.15, 0.2) is 0 Å². The number of carboxylic acids is 1. The molecule has 0 aromatic carbocycles. The number of carbonyl (C=O) groups is 2. The zero-order chi connectivity index (χ0) is 16.0. The number of nitrogens with two attached hydrogens (primary N) is 2. The van der Waals surface area contributed by atoms with Crippen LogP contribution in [0.2, 0.25) is 0 Å². The normalized spacial score (nSPS) is 23.3. The lowest BCUT2D eigenvalue weighted by Crippen LogP contribution is -2.50. The topological polar surface area (TPSA) is 149 Å². The molecule has 0 aliphatic carbocycles. The molecule has 21 heavy (non-hydrogen) atoms. The van der Waals surface area contributed by atoms with Crippen LogP contribution in [0.5, 0.6) is 0 Å². The van der Waals surface area contributed by atoms with E-state index in [-0.39, 0.29) is 30.1 Å². The van der Waals surface area contributed by atoms with E-state index >= 15 is 0 Å². The Morgan fingerprint density at radius 2 is 2.05 bits per heavy atom. The summed E-state index contributed by atoms with van der Waals surface area (Å²) >= 11 is 0. The minimum absolute atomic E-state index is 0.00589. The summed E-state index contributed by atoms with van der Waals surface area (Å²) in [4.78, 5) is 22.1. The summed E-state index contributed by atoms with van der Waals surface area (Å²) in [7, 11) is -2.42. The fourth-order valence-corrected chi connectivity index (χ4v) is 3.83. The molecule has 1 aromatic rings. The van der Waals surface area contributed by atoms with Crippen molar-refractivity contribution >= 4 is 21.9 Å². The molecular formula is C11H16N4O5S. The van der Waals surface area contributed by atoms with Crippen LogP contribution in [0.15, 0.2) is 17.2 Å². The van der Waals surface area contributed by atoms with Crippen molar-refractivity contribution in [3.8, 4) is 0 Å². The van der Waals surface area contributed by atoms with Crippen LogP contribution >= 0.6 is 0 Å². The maximum absolute atomic E-state index is 12.4. The highest BCUT2D eigenvalue weighted by Gasteiger charge is 2.45. The predicted molar refractivity (Wildman–Crippen MR) is 71.9 cm³/mol. The second kappa shape index (κ2) is 4.83. The number of rotatable bonds is 4. The van der Waals surface area contributed by atoms with Gasteiger partial charge in [0.25, 0.3) is 5.91 Å². The standard InChI is InChI=1S/C11H16N4O5S/c1-14-5-7(4-8(14)9(12)16)21(19,20)15-3-2-11(13,6-15)10(17)18/h4-5H,2-3,6,13H2,1H3,(H2,12,16)(H,17,18). The van der Waals surface area contributed by atoms with Crippen LogP contribution < -0.4 is 11.5 Å². The molecule has 1 amide bonds.